The zero-order valence-electron chi connectivity index (χ0n) is 48.2. The van der Waals surface area contributed by atoms with Gasteiger partial charge in [-0.2, -0.15) is 0 Å². The standard InChI is InChI=1S/C65H106O12/c1-4-7-10-13-16-19-22-25-28-29-32-33-36-39-42-45-48-51-57(66)73-54-56(75-58(67)52-49-46-43-40-37-34-30-26-23-20-17-14-11-8-5-2)55-74-65-63(61(70)60(69)62(77-65)64(71)72)76-59(68)53-50-47-44-41-38-35-31-27-24-21-18-15-12-9-6-3/h7-8,10-11,16-17,19-20,25-28,30-31,37,40,56,60-63,65,69-70H,4-6,9,12-15,18,21-24,29,32-36,38-39,41-55H2,1-3H3,(H,71,72)/b10-7-,11-8-,19-16-,20-17-,28-25-,30-26-,31-27-,40-37-. The Morgan fingerprint density at radius 1 is 0.442 bits per heavy atom. The van der Waals surface area contributed by atoms with Crippen LogP contribution in [0.25, 0.3) is 0 Å². The molecule has 3 N–H and O–H groups in total. The normalized spacial score (nSPS) is 18.7. The molecule has 0 spiro atoms. The minimum absolute atomic E-state index is 0.0409. The lowest BCUT2D eigenvalue weighted by molar-refractivity contribution is -0.301. The van der Waals surface area contributed by atoms with Crippen LogP contribution in [-0.2, 0) is 42.9 Å². The van der Waals surface area contributed by atoms with Crippen molar-refractivity contribution in [1.82, 2.24) is 0 Å². The molecule has 438 valence electrons. The number of rotatable bonds is 50. The molecular formula is C65H106O12. The van der Waals surface area contributed by atoms with Gasteiger partial charge in [0.15, 0.2) is 24.6 Å². The highest BCUT2D eigenvalue weighted by atomic mass is 16.7. The van der Waals surface area contributed by atoms with E-state index >= 15 is 0 Å². The van der Waals surface area contributed by atoms with E-state index in [1.165, 1.54) is 44.9 Å². The van der Waals surface area contributed by atoms with Crippen molar-refractivity contribution in [3.63, 3.8) is 0 Å². The van der Waals surface area contributed by atoms with E-state index in [1.54, 1.807) is 0 Å². The molecule has 0 aromatic carbocycles. The van der Waals surface area contributed by atoms with Gasteiger partial charge in [-0.05, 0) is 116 Å². The van der Waals surface area contributed by atoms with Gasteiger partial charge in [0.25, 0.3) is 0 Å². The highest BCUT2D eigenvalue weighted by Gasteiger charge is 2.50. The largest absolute Gasteiger partial charge is 0.479 e. The van der Waals surface area contributed by atoms with Crippen LogP contribution in [0.15, 0.2) is 97.2 Å². The summed E-state index contributed by atoms with van der Waals surface area (Å²) in [6.07, 6.45) is 56.6. The maximum Gasteiger partial charge on any atom is 0.335 e. The van der Waals surface area contributed by atoms with Crippen LogP contribution in [-0.4, -0.2) is 89.2 Å². The first-order valence-electron chi connectivity index (χ1n) is 30.2. The minimum Gasteiger partial charge on any atom is -0.479 e. The second kappa shape index (κ2) is 52.3. The predicted molar refractivity (Wildman–Crippen MR) is 312 cm³/mol. The molecule has 0 radical (unpaired) electrons. The van der Waals surface area contributed by atoms with Crippen LogP contribution in [0.2, 0.25) is 0 Å². The molecule has 0 saturated carbocycles. The van der Waals surface area contributed by atoms with Crippen molar-refractivity contribution in [2.75, 3.05) is 13.2 Å². The first-order chi connectivity index (χ1) is 37.6. The number of unbranched alkanes of at least 4 members (excludes halogenated alkanes) is 20. The zero-order chi connectivity index (χ0) is 56.1. The molecule has 1 fully saturated rings. The minimum atomic E-state index is -1.92. The van der Waals surface area contributed by atoms with Crippen LogP contribution in [0.1, 0.15) is 239 Å². The van der Waals surface area contributed by atoms with E-state index in [1.807, 2.05) is 0 Å². The molecule has 0 aliphatic carbocycles. The van der Waals surface area contributed by atoms with E-state index in [9.17, 15) is 34.5 Å². The fourth-order valence-corrected chi connectivity index (χ4v) is 8.54. The van der Waals surface area contributed by atoms with Crippen LogP contribution in [0.5, 0.6) is 0 Å². The molecule has 1 rings (SSSR count). The number of hydrogen-bond donors (Lipinski definition) is 3. The molecule has 0 amide bonds. The summed E-state index contributed by atoms with van der Waals surface area (Å²) in [6, 6.07) is 0. The van der Waals surface area contributed by atoms with E-state index in [2.05, 4.69) is 118 Å². The molecule has 0 aromatic heterocycles. The zero-order valence-corrected chi connectivity index (χ0v) is 48.2. The van der Waals surface area contributed by atoms with Crippen LogP contribution in [0, 0.1) is 0 Å². The van der Waals surface area contributed by atoms with Gasteiger partial charge in [-0.15, -0.1) is 0 Å². The highest BCUT2D eigenvalue weighted by molar-refractivity contribution is 5.74. The molecule has 6 unspecified atom stereocenters. The number of esters is 3. The van der Waals surface area contributed by atoms with Gasteiger partial charge in [-0.1, -0.05) is 201 Å². The van der Waals surface area contributed by atoms with E-state index in [-0.39, 0.29) is 25.9 Å². The maximum atomic E-state index is 13.1. The summed E-state index contributed by atoms with van der Waals surface area (Å²) < 4.78 is 28.4. The molecule has 1 aliphatic heterocycles. The average molecular weight is 1080 g/mol. The quantitative estimate of drug-likeness (QED) is 0.0228. The van der Waals surface area contributed by atoms with E-state index in [0.717, 1.165) is 135 Å². The van der Waals surface area contributed by atoms with Gasteiger partial charge in [0.2, 0.25) is 0 Å². The summed E-state index contributed by atoms with van der Waals surface area (Å²) in [7, 11) is 0. The van der Waals surface area contributed by atoms with Crippen molar-refractivity contribution in [2.45, 2.75) is 276 Å². The Labute approximate surface area is 466 Å². The number of carboxylic acid groups (broad SMARTS) is 1. The number of hydrogen-bond acceptors (Lipinski definition) is 11. The highest BCUT2D eigenvalue weighted by Crippen LogP contribution is 2.26. The number of carbonyl (C=O) groups is 4. The van der Waals surface area contributed by atoms with Gasteiger partial charge in [0, 0.05) is 19.3 Å². The summed E-state index contributed by atoms with van der Waals surface area (Å²) >= 11 is 0. The smallest absolute Gasteiger partial charge is 0.335 e. The van der Waals surface area contributed by atoms with Crippen molar-refractivity contribution in [2.24, 2.45) is 0 Å². The number of aliphatic hydroxyl groups is 2. The van der Waals surface area contributed by atoms with E-state index in [0.29, 0.717) is 19.3 Å². The van der Waals surface area contributed by atoms with Crippen molar-refractivity contribution in [1.29, 1.82) is 0 Å². The Hall–Kier alpha value is -4.36. The lowest BCUT2D eigenvalue weighted by Gasteiger charge is -2.40. The van der Waals surface area contributed by atoms with Crippen LogP contribution < -0.4 is 0 Å². The average Bonchev–Trinajstić information content (AvgIpc) is 3.43. The van der Waals surface area contributed by atoms with E-state index < -0.39 is 67.3 Å². The third kappa shape index (κ3) is 42.3. The lowest BCUT2D eigenvalue weighted by atomic mass is 9.98. The molecule has 12 nitrogen and oxygen atoms in total. The summed E-state index contributed by atoms with van der Waals surface area (Å²) in [6.45, 7) is 5.72. The molecule has 12 heteroatoms. The fraction of sp³-hybridized carbons (Fsp3) is 0.692. The summed E-state index contributed by atoms with van der Waals surface area (Å²) in [5.41, 5.74) is 0. The number of aliphatic carboxylic acids is 1. The maximum absolute atomic E-state index is 13.1. The number of carboxylic acids is 1. The van der Waals surface area contributed by atoms with Gasteiger partial charge in [-0.25, -0.2) is 4.79 Å². The van der Waals surface area contributed by atoms with Crippen LogP contribution in [0.4, 0.5) is 0 Å². The summed E-state index contributed by atoms with van der Waals surface area (Å²) in [5.74, 6) is -3.21. The molecule has 0 bridgehead atoms. The first kappa shape index (κ1) is 70.7. The first-order valence-corrected chi connectivity index (χ1v) is 30.2. The molecule has 0 aromatic rings. The Kier molecular flexibility index (Phi) is 48.0. The monoisotopic (exact) mass is 1080 g/mol. The number of allylic oxidation sites excluding steroid dienone is 16. The molecule has 1 saturated heterocycles. The second-order valence-corrected chi connectivity index (χ2v) is 20.2. The van der Waals surface area contributed by atoms with Gasteiger partial charge in [0.1, 0.15) is 18.8 Å². The SMILES string of the molecule is CC/C=C\C/C=C\C/C=C\C/C=C\CCCCC(=O)OC(COC(=O)CCCCCCCCC/C=C\C/C=C\C/C=C\CC)COC1OC(C(=O)O)C(O)C(O)C1OC(=O)CCCCCCC/C=C\CCCCCCCC. The predicted octanol–water partition coefficient (Wildman–Crippen LogP) is 15.7. The second-order valence-electron chi connectivity index (χ2n) is 20.2. The third-order valence-corrected chi connectivity index (χ3v) is 13.1. The van der Waals surface area contributed by atoms with Crippen molar-refractivity contribution < 1.29 is 58.2 Å². The van der Waals surface area contributed by atoms with Gasteiger partial charge >= 0.3 is 23.9 Å². The fourth-order valence-electron chi connectivity index (χ4n) is 8.54. The van der Waals surface area contributed by atoms with Crippen molar-refractivity contribution in [3.05, 3.63) is 97.2 Å². The van der Waals surface area contributed by atoms with Crippen molar-refractivity contribution in [3.8, 4) is 0 Å². The lowest BCUT2D eigenvalue weighted by Crippen LogP contribution is -2.61. The Morgan fingerprint density at radius 2 is 0.818 bits per heavy atom. The topological polar surface area (TPSA) is 175 Å². The Balaban J connectivity index is 2.72. The molecule has 77 heavy (non-hydrogen) atoms. The van der Waals surface area contributed by atoms with E-state index in [4.69, 9.17) is 23.7 Å². The van der Waals surface area contributed by atoms with Gasteiger partial charge in [0.05, 0.1) is 6.61 Å². The van der Waals surface area contributed by atoms with Gasteiger partial charge < -0.3 is 39.0 Å². The number of aliphatic hydroxyl groups excluding tert-OH is 2. The molecule has 1 heterocycles. The molecule has 6 atom stereocenters. The number of carbonyl (C=O) groups excluding carboxylic acids is 3. The molecular weight excluding hydrogens is 973 g/mol. The van der Waals surface area contributed by atoms with Crippen LogP contribution >= 0.6 is 0 Å². The number of ether oxygens (including phenoxy) is 5. The Morgan fingerprint density at radius 3 is 1.29 bits per heavy atom. The molecule has 1 aliphatic rings. The van der Waals surface area contributed by atoms with Crippen molar-refractivity contribution >= 4 is 23.9 Å². The van der Waals surface area contributed by atoms with Gasteiger partial charge in [-0.3, -0.25) is 14.4 Å². The Bertz CT molecular complexity index is 1710. The third-order valence-electron chi connectivity index (χ3n) is 13.1. The summed E-state index contributed by atoms with van der Waals surface area (Å²) in [5, 5.41) is 31.5. The van der Waals surface area contributed by atoms with Crippen LogP contribution in [0.3, 0.4) is 0 Å². The summed E-state index contributed by atoms with van der Waals surface area (Å²) in [4.78, 5) is 51.2.